The Hall–Kier alpha value is -3.82. The molecule has 0 bridgehead atoms. The summed E-state index contributed by atoms with van der Waals surface area (Å²) in [5, 5.41) is 14.0. The van der Waals surface area contributed by atoms with Gasteiger partial charge in [0.15, 0.2) is 11.6 Å². The highest BCUT2D eigenvalue weighted by atomic mass is 19.2. The number of halogens is 3. The Balaban J connectivity index is 2.07. The van der Waals surface area contributed by atoms with E-state index in [9.17, 15) is 27.6 Å². The van der Waals surface area contributed by atoms with E-state index >= 15 is 0 Å². The van der Waals surface area contributed by atoms with Gasteiger partial charge in [-0.05, 0) is 29.3 Å². The number of aromatic carboxylic acids is 1. The highest BCUT2D eigenvalue weighted by Crippen LogP contribution is 2.30. The van der Waals surface area contributed by atoms with E-state index in [0.717, 1.165) is 0 Å². The molecule has 0 unspecified atom stereocenters. The van der Waals surface area contributed by atoms with E-state index in [4.69, 9.17) is 9.84 Å². The number of rotatable bonds is 7. The number of ether oxygens (including phenoxy) is 1. The normalized spacial score (nSPS) is 11.9. The minimum atomic E-state index is -1.34. The Morgan fingerprint density at radius 3 is 2.29 bits per heavy atom. The van der Waals surface area contributed by atoms with E-state index in [-0.39, 0.29) is 35.2 Å². The lowest BCUT2D eigenvalue weighted by Crippen LogP contribution is -2.18. The number of benzene rings is 2. The first-order valence-electron chi connectivity index (χ1n) is 9.04. The van der Waals surface area contributed by atoms with Crippen LogP contribution in [0.2, 0.25) is 0 Å². The number of nitrogens with one attached hydrogen (secondary N) is 2. The van der Waals surface area contributed by atoms with Crippen LogP contribution in [0.1, 0.15) is 45.1 Å². The number of hydrogen-bond acceptors (Lipinski definition) is 4. The molecule has 0 saturated carbocycles. The number of carboxylic acids is 1. The van der Waals surface area contributed by atoms with E-state index in [2.05, 4.69) is 10.2 Å². The van der Waals surface area contributed by atoms with Gasteiger partial charge < -0.3 is 14.9 Å². The Kier molecular flexibility index (Phi) is 6.28. The van der Waals surface area contributed by atoms with Gasteiger partial charge in [0.1, 0.15) is 5.82 Å². The molecule has 0 radical (unpaired) electrons. The average Bonchev–Trinajstić information content (AvgIpc) is 3.10. The zero-order valence-electron chi connectivity index (χ0n) is 16.2. The average molecular weight is 434 g/mol. The molecule has 0 aliphatic rings. The van der Waals surface area contributed by atoms with Crippen molar-refractivity contribution in [2.24, 2.45) is 0 Å². The van der Waals surface area contributed by atoms with Gasteiger partial charge in [-0.1, -0.05) is 12.1 Å². The summed E-state index contributed by atoms with van der Waals surface area (Å²) in [7, 11) is 1.17. The standard InChI is InChI=1S/C21H17F3N2O5/c1-31-18(27)8-13(10-2-4-11(5-3-10)21(29)30)19-17(25-26-20(19)28)7-12-6-15(23)16(24)9-14(12)22/h2-6,9,13H,7-8H2,1H3,(H,29,30)(H2,25,26,28)/t13-/m1/s1. The molecule has 0 saturated heterocycles. The maximum atomic E-state index is 14.1. The number of methoxy groups -OCH3 is 1. The number of carboxylic acid groups (broad SMARTS) is 1. The number of carbonyl (C=O) groups excluding carboxylic acids is 1. The fourth-order valence-corrected chi connectivity index (χ4v) is 3.30. The van der Waals surface area contributed by atoms with Gasteiger partial charge in [0.25, 0.3) is 5.56 Å². The van der Waals surface area contributed by atoms with Crippen LogP contribution < -0.4 is 5.56 Å². The molecule has 162 valence electrons. The third-order valence-electron chi connectivity index (χ3n) is 4.86. The summed E-state index contributed by atoms with van der Waals surface area (Å²) in [6.07, 6.45) is -0.556. The molecule has 3 rings (SSSR count). The van der Waals surface area contributed by atoms with Gasteiger partial charge in [-0.15, -0.1) is 0 Å². The van der Waals surface area contributed by atoms with Crippen LogP contribution in [0, 0.1) is 17.5 Å². The topological polar surface area (TPSA) is 112 Å². The highest BCUT2D eigenvalue weighted by Gasteiger charge is 2.27. The smallest absolute Gasteiger partial charge is 0.335 e. The minimum absolute atomic E-state index is 0.00706. The lowest BCUT2D eigenvalue weighted by atomic mass is 9.87. The number of aromatic amines is 2. The monoisotopic (exact) mass is 434 g/mol. The molecule has 3 N–H and O–H groups in total. The van der Waals surface area contributed by atoms with Crippen molar-refractivity contribution in [3.63, 3.8) is 0 Å². The van der Waals surface area contributed by atoms with Gasteiger partial charge in [0.2, 0.25) is 0 Å². The molecule has 10 heteroatoms. The molecule has 0 amide bonds. The highest BCUT2D eigenvalue weighted by molar-refractivity contribution is 5.87. The summed E-state index contributed by atoms with van der Waals surface area (Å²) in [6.45, 7) is 0. The van der Waals surface area contributed by atoms with Gasteiger partial charge >= 0.3 is 11.9 Å². The Morgan fingerprint density at radius 1 is 1.03 bits per heavy atom. The zero-order chi connectivity index (χ0) is 22.7. The predicted molar refractivity (Wildman–Crippen MR) is 102 cm³/mol. The molecule has 1 aromatic heterocycles. The lowest BCUT2D eigenvalue weighted by molar-refractivity contribution is -0.140. The van der Waals surface area contributed by atoms with Crippen molar-refractivity contribution in [2.45, 2.75) is 18.8 Å². The summed E-state index contributed by atoms with van der Waals surface area (Å²) >= 11 is 0. The zero-order valence-corrected chi connectivity index (χ0v) is 16.2. The summed E-state index contributed by atoms with van der Waals surface area (Å²) < 4.78 is 45.6. The molecular formula is C21H17F3N2O5. The molecule has 3 aromatic rings. The summed E-state index contributed by atoms with van der Waals surface area (Å²) in [5.41, 5.74) is -0.133. The molecule has 2 aromatic carbocycles. The lowest BCUT2D eigenvalue weighted by Gasteiger charge is -2.17. The van der Waals surface area contributed by atoms with Crippen LogP contribution in [0.5, 0.6) is 0 Å². The summed E-state index contributed by atoms with van der Waals surface area (Å²) in [6, 6.07) is 6.63. The third kappa shape index (κ3) is 4.68. The van der Waals surface area contributed by atoms with E-state index in [1.165, 1.54) is 31.4 Å². The van der Waals surface area contributed by atoms with Gasteiger partial charge in [-0.3, -0.25) is 14.7 Å². The maximum absolute atomic E-state index is 14.1. The van der Waals surface area contributed by atoms with Crippen molar-refractivity contribution in [2.75, 3.05) is 7.11 Å². The summed E-state index contributed by atoms with van der Waals surface area (Å²) in [4.78, 5) is 35.6. The van der Waals surface area contributed by atoms with Gasteiger partial charge in [0, 0.05) is 29.7 Å². The fraction of sp³-hybridized carbons (Fsp3) is 0.190. The molecule has 31 heavy (non-hydrogen) atoms. The first-order valence-corrected chi connectivity index (χ1v) is 9.04. The number of hydrogen-bond donors (Lipinski definition) is 3. The first-order chi connectivity index (χ1) is 14.7. The van der Waals surface area contributed by atoms with Crippen LogP contribution in [-0.2, 0) is 16.0 Å². The van der Waals surface area contributed by atoms with Crippen molar-refractivity contribution < 1.29 is 32.6 Å². The summed E-state index contributed by atoms with van der Waals surface area (Å²) in [5.74, 6) is -6.24. The van der Waals surface area contributed by atoms with Crippen molar-refractivity contribution in [1.29, 1.82) is 0 Å². The quantitative estimate of drug-likeness (QED) is 0.391. The first kappa shape index (κ1) is 21.9. The second kappa shape index (κ2) is 8.90. The van der Waals surface area contributed by atoms with E-state index in [1.54, 1.807) is 0 Å². The maximum Gasteiger partial charge on any atom is 0.335 e. The molecule has 7 nitrogen and oxygen atoms in total. The molecule has 0 aliphatic heterocycles. The van der Waals surface area contributed by atoms with Crippen LogP contribution in [0.4, 0.5) is 13.2 Å². The number of carbonyl (C=O) groups is 2. The van der Waals surface area contributed by atoms with Crippen molar-refractivity contribution in [1.82, 2.24) is 10.2 Å². The van der Waals surface area contributed by atoms with Crippen molar-refractivity contribution in [3.05, 3.63) is 92.2 Å². The number of H-pyrrole nitrogens is 2. The fourth-order valence-electron chi connectivity index (χ4n) is 3.30. The van der Waals surface area contributed by atoms with Crippen LogP contribution >= 0.6 is 0 Å². The Labute approximate surface area is 173 Å². The van der Waals surface area contributed by atoms with Crippen LogP contribution in [-0.4, -0.2) is 34.4 Å². The van der Waals surface area contributed by atoms with E-state index < -0.39 is 40.9 Å². The largest absolute Gasteiger partial charge is 0.478 e. The predicted octanol–water partition coefficient (Wildman–Crippen LogP) is 3.10. The second-order valence-corrected chi connectivity index (χ2v) is 6.77. The van der Waals surface area contributed by atoms with Crippen LogP contribution in [0.25, 0.3) is 0 Å². The molecular weight excluding hydrogens is 417 g/mol. The van der Waals surface area contributed by atoms with Crippen molar-refractivity contribution >= 4 is 11.9 Å². The van der Waals surface area contributed by atoms with Gasteiger partial charge in [-0.25, -0.2) is 18.0 Å². The number of aromatic nitrogens is 2. The van der Waals surface area contributed by atoms with E-state index in [1.807, 2.05) is 0 Å². The molecule has 0 fully saturated rings. The van der Waals surface area contributed by atoms with Crippen LogP contribution in [0.15, 0.2) is 41.2 Å². The Morgan fingerprint density at radius 2 is 1.68 bits per heavy atom. The van der Waals surface area contributed by atoms with Crippen LogP contribution in [0.3, 0.4) is 0 Å². The Bertz CT molecular complexity index is 1180. The molecule has 1 heterocycles. The molecule has 0 aliphatic carbocycles. The van der Waals surface area contributed by atoms with E-state index in [0.29, 0.717) is 17.7 Å². The van der Waals surface area contributed by atoms with Gasteiger partial charge in [-0.2, -0.15) is 0 Å². The molecule has 1 atom stereocenters. The molecule has 0 spiro atoms. The number of esters is 1. The minimum Gasteiger partial charge on any atom is -0.478 e. The second-order valence-electron chi connectivity index (χ2n) is 6.77. The van der Waals surface area contributed by atoms with Gasteiger partial charge in [0.05, 0.1) is 19.1 Å². The van der Waals surface area contributed by atoms with Crippen molar-refractivity contribution in [3.8, 4) is 0 Å². The SMILES string of the molecule is COC(=O)C[C@H](c1ccc(C(=O)O)cc1)c1c(Cc2cc(F)c(F)cc2F)[nH][nH]c1=O. The third-order valence-corrected chi connectivity index (χ3v) is 4.86.